The third-order valence-electron chi connectivity index (χ3n) is 4.40. The lowest BCUT2D eigenvalue weighted by atomic mass is 10.2. The third kappa shape index (κ3) is 4.07. The van der Waals surface area contributed by atoms with E-state index in [0.717, 1.165) is 46.6 Å². The molecule has 1 unspecified atom stereocenters. The van der Waals surface area contributed by atoms with Crippen molar-refractivity contribution in [2.45, 2.75) is 12.6 Å². The minimum Gasteiger partial charge on any atom is -0.496 e. The molecule has 0 amide bonds. The summed E-state index contributed by atoms with van der Waals surface area (Å²) in [5.41, 5.74) is 2.07. The van der Waals surface area contributed by atoms with Crippen molar-refractivity contribution in [3.05, 3.63) is 59.6 Å². The van der Waals surface area contributed by atoms with Crippen LogP contribution in [0.1, 0.15) is 5.69 Å². The minimum absolute atomic E-state index is 0.0113. The fourth-order valence-electron chi connectivity index (χ4n) is 3.17. The number of para-hydroxylation sites is 3. The van der Waals surface area contributed by atoms with Gasteiger partial charge < -0.3 is 14.2 Å². The van der Waals surface area contributed by atoms with Crippen LogP contribution in [-0.2, 0) is 6.54 Å². The van der Waals surface area contributed by atoms with Crippen molar-refractivity contribution < 1.29 is 14.2 Å². The first-order chi connectivity index (χ1) is 13.2. The molecule has 1 aliphatic rings. The number of thiazole rings is 1. The van der Waals surface area contributed by atoms with Crippen LogP contribution in [-0.4, -0.2) is 43.3 Å². The molecule has 0 spiro atoms. The highest BCUT2D eigenvalue weighted by molar-refractivity contribution is 7.13. The fourth-order valence-corrected chi connectivity index (χ4v) is 4.01. The highest BCUT2D eigenvalue weighted by Gasteiger charge is 2.22. The maximum absolute atomic E-state index is 6.04. The maximum atomic E-state index is 6.04. The second-order valence-corrected chi connectivity index (χ2v) is 7.40. The molecule has 1 aromatic heterocycles. The van der Waals surface area contributed by atoms with Crippen molar-refractivity contribution in [1.29, 1.82) is 0 Å². The van der Waals surface area contributed by atoms with E-state index >= 15 is 0 Å². The first-order valence-electron chi connectivity index (χ1n) is 8.88. The van der Waals surface area contributed by atoms with Crippen LogP contribution in [0.25, 0.3) is 10.6 Å². The summed E-state index contributed by atoms with van der Waals surface area (Å²) in [5.74, 6) is 2.48. The van der Waals surface area contributed by atoms with Gasteiger partial charge in [-0.15, -0.1) is 11.3 Å². The predicted molar refractivity (Wildman–Crippen MR) is 107 cm³/mol. The second-order valence-electron chi connectivity index (χ2n) is 6.54. The third-order valence-corrected chi connectivity index (χ3v) is 5.33. The van der Waals surface area contributed by atoms with Gasteiger partial charge in [-0.3, -0.25) is 4.90 Å². The molecule has 140 valence electrons. The quantitative estimate of drug-likeness (QED) is 0.642. The number of fused-ring (bicyclic) bond motifs is 1. The number of benzene rings is 2. The number of aromatic nitrogens is 1. The lowest BCUT2D eigenvalue weighted by molar-refractivity contribution is 0.0636. The van der Waals surface area contributed by atoms with Crippen LogP contribution in [0.5, 0.6) is 17.2 Å². The van der Waals surface area contributed by atoms with Gasteiger partial charge in [-0.05, 0) is 31.3 Å². The standard InChI is InChI=1S/C21H22N2O3S/c1-23(12-16-13-25-19-9-5-6-10-20(19)26-16)11-15-14-27-21(22-15)17-7-3-4-8-18(17)24-2/h3-10,14,16H,11-13H2,1-2H3. The minimum atomic E-state index is 0.0113. The van der Waals surface area contributed by atoms with Crippen molar-refractivity contribution in [2.75, 3.05) is 27.3 Å². The van der Waals surface area contributed by atoms with Crippen molar-refractivity contribution in [2.24, 2.45) is 0 Å². The molecule has 6 heteroatoms. The van der Waals surface area contributed by atoms with Gasteiger partial charge in [0.2, 0.25) is 0 Å². The van der Waals surface area contributed by atoms with Crippen LogP contribution in [0.15, 0.2) is 53.9 Å². The lowest BCUT2D eigenvalue weighted by Crippen LogP contribution is -2.39. The Kier molecular flexibility index (Phi) is 5.27. The van der Waals surface area contributed by atoms with Crippen LogP contribution in [0, 0.1) is 0 Å². The molecule has 3 aromatic rings. The summed E-state index contributed by atoms with van der Waals surface area (Å²) in [7, 11) is 3.76. The number of nitrogens with zero attached hydrogens (tertiary/aromatic N) is 2. The summed E-state index contributed by atoms with van der Waals surface area (Å²) in [4.78, 5) is 6.99. The lowest BCUT2D eigenvalue weighted by Gasteiger charge is -2.29. The van der Waals surface area contributed by atoms with Gasteiger partial charge >= 0.3 is 0 Å². The van der Waals surface area contributed by atoms with E-state index in [9.17, 15) is 0 Å². The molecular weight excluding hydrogens is 360 g/mol. The molecule has 0 N–H and O–H groups in total. The highest BCUT2D eigenvalue weighted by atomic mass is 32.1. The number of rotatable bonds is 6. The average Bonchev–Trinajstić information content (AvgIpc) is 3.16. The van der Waals surface area contributed by atoms with Gasteiger partial charge in [-0.2, -0.15) is 0 Å². The van der Waals surface area contributed by atoms with E-state index in [-0.39, 0.29) is 6.10 Å². The van der Waals surface area contributed by atoms with E-state index in [2.05, 4.69) is 17.3 Å². The smallest absolute Gasteiger partial charge is 0.161 e. The molecule has 0 fully saturated rings. The Balaban J connectivity index is 1.38. The Morgan fingerprint density at radius 3 is 2.78 bits per heavy atom. The van der Waals surface area contributed by atoms with Crippen molar-refractivity contribution in [3.63, 3.8) is 0 Å². The number of hydrogen-bond donors (Lipinski definition) is 0. The molecule has 0 radical (unpaired) electrons. The normalized spacial score (nSPS) is 15.7. The van der Waals surface area contributed by atoms with Crippen molar-refractivity contribution in [3.8, 4) is 27.8 Å². The number of likely N-dealkylation sites (N-methyl/N-ethyl adjacent to an activating group) is 1. The van der Waals surface area contributed by atoms with Crippen LogP contribution in [0.2, 0.25) is 0 Å². The molecule has 5 nitrogen and oxygen atoms in total. The van der Waals surface area contributed by atoms with Crippen LogP contribution in [0.3, 0.4) is 0 Å². The second kappa shape index (κ2) is 7.98. The van der Waals surface area contributed by atoms with Gasteiger partial charge in [0.05, 0.1) is 18.4 Å². The van der Waals surface area contributed by atoms with Crippen LogP contribution < -0.4 is 14.2 Å². The van der Waals surface area contributed by atoms with Gasteiger partial charge in [-0.25, -0.2) is 4.98 Å². The number of hydrogen-bond acceptors (Lipinski definition) is 6. The van der Waals surface area contributed by atoms with Crippen molar-refractivity contribution >= 4 is 11.3 Å². The molecule has 2 aromatic carbocycles. The molecule has 27 heavy (non-hydrogen) atoms. The molecule has 4 rings (SSSR count). The molecular formula is C21H22N2O3S. The van der Waals surface area contributed by atoms with E-state index < -0.39 is 0 Å². The first-order valence-corrected chi connectivity index (χ1v) is 9.75. The molecule has 0 saturated carbocycles. The monoisotopic (exact) mass is 382 g/mol. The molecule has 1 aliphatic heterocycles. The highest BCUT2D eigenvalue weighted by Crippen LogP contribution is 2.33. The zero-order chi connectivity index (χ0) is 18.6. The number of methoxy groups -OCH3 is 1. The zero-order valence-electron chi connectivity index (χ0n) is 15.4. The zero-order valence-corrected chi connectivity index (χ0v) is 16.2. The van der Waals surface area contributed by atoms with Crippen molar-refractivity contribution in [1.82, 2.24) is 9.88 Å². The van der Waals surface area contributed by atoms with Gasteiger partial charge in [-0.1, -0.05) is 24.3 Å². The van der Waals surface area contributed by atoms with Gasteiger partial charge in [0, 0.05) is 18.5 Å². The fraction of sp³-hybridized carbons (Fsp3) is 0.286. The Labute approximate surface area is 163 Å². The Hall–Kier alpha value is -2.57. The maximum Gasteiger partial charge on any atom is 0.161 e. The van der Waals surface area contributed by atoms with E-state index in [4.69, 9.17) is 19.2 Å². The van der Waals surface area contributed by atoms with E-state index in [1.54, 1.807) is 18.4 Å². The summed E-state index contributed by atoms with van der Waals surface area (Å²) in [6.45, 7) is 2.09. The molecule has 1 atom stereocenters. The van der Waals surface area contributed by atoms with Crippen LogP contribution in [0.4, 0.5) is 0 Å². The topological polar surface area (TPSA) is 43.8 Å². The SMILES string of the molecule is COc1ccccc1-c1nc(CN(C)CC2COc3ccccc3O2)cs1. The van der Waals surface area contributed by atoms with Gasteiger partial charge in [0.1, 0.15) is 23.5 Å². The van der Waals surface area contributed by atoms with E-state index in [0.29, 0.717) is 6.61 Å². The Morgan fingerprint density at radius 2 is 1.93 bits per heavy atom. The van der Waals surface area contributed by atoms with Crippen LogP contribution >= 0.6 is 11.3 Å². The van der Waals surface area contributed by atoms with E-state index in [1.807, 2.05) is 48.5 Å². The van der Waals surface area contributed by atoms with E-state index in [1.165, 1.54) is 0 Å². The van der Waals surface area contributed by atoms with Gasteiger partial charge in [0.15, 0.2) is 11.5 Å². The Morgan fingerprint density at radius 1 is 1.15 bits per heavy atom. The molecule has 2 heterocycles. The summed E-state index contributed by atoms with van der Waals surface area (Å²) >= 11 is 1.64. The summed E-state index contributed by atoms with van der Waals surface area (Å²) in [6, 6.07) is 15.8. The summed E-state index contributed by atoms with van der Waals surface area (Å²) in [6.07, 6.45) is 0.0113. The summed E-state index contributed by atoms with van der Waals surface area (Å²) in [5, 5.41) is 3.08. The summed E-state index contributed by atoms with van der Waals surface area (Å²) < 4.78 is 17.3. The molecule has 0 aliphatic carbocycles. The molecule has 0 saturated heterocycles. The van der Waals surface area contributed by atoms with Gasteiger partial charge in [0.25, 0.3) is 0 Å². The first kappa shape index (κ1) is 17.8. The molecule has 0 bridgehead atoms. The largest absolute Gasteiger partial charge is 0.496 e. The Bertz CT molecular complexity index is 912. The predicted octanol–water partition coefficient (Wildman–Crippen LogP) is 4.09. The average molecular weight is 382 g/mol. The number of ether oxygens (including phenoxy) is 3.